The van der Waals surface area contributed by atoms with Gasteiger partial charge in [-0.15, -0.1) is 0 Å². The largest absolute Gasteiger partial charge is 0.332 e. The van der Waals surface area contributed by atoms with Crippen LogP contribution in [0, 0.1) is 12.7 Å². The summed E-state index contributed by atoms with van der Waals surface area (Å²) in [6.07, 6.45) is 1.53. The van der Waals surface area contributed by atoms with Crippen LogP contribution in [-0.2, 0) is 6.54 Å². The molecule has 0 aliphatic heterocycles. The molecule has 3 rings (SSSR count). The van der Waals surface area contributed by atoms with Gasteiger partial charge in [0, 0.05) is 13.1 Å². The predicted octanol–water partition coefficient (Wildman–Crippen LogP) is 3.63. The Morgan fingerprint density at radius 3 is 2.58 bits per heavy atom. The van der Waals surface area contributed by atoms with Crippen molar-refractivity contribution in [2.45, 2.75) is 20.4 Å². The summed E-state index contributed by atoms with van der Waals surface area (Å²) in [5.41, 5.74) is 1.93. The van der Waals surface area contributed by atoms with Crippen LogP contribution in [0.3, 0.4) is 0 Å². The van der Waals surface area contributed by atoms with Gasteiger partial charge in [0.25, 0.3) is 5.89 Å². The van der Waals surface area contributed by atoms with Crippen LogP contribution in [0.4, 0.5) is 14.9 Å². The first-order valence-electron chi connectivity index (χ1n) is 8.12. The number of hydrogen-bond donors (Lipinski definition) is 1. The van der Waals surface area contributed by atoms with E-state index in [1.807, 2.05) is 6.92 Å². The summed E-state index contributed by atoms with van der Waals surface area (Å²) in [5, 5.41) is 6.51. The number of aromatic nitrogens is 3. The molecule has 8 heteroatoms. The van der Waals surface area contributed by atoms with Gasteiger partial charge in [-0.05, 0) is 43.7 Å². The number of aryl methyl sites for hydroxylation is 1. The monoisotopic (exact) mass is 355 g/mol. The number of anilines is 1. The van der Waals surface area contributed by atoms with Gasteiger partial charge in [-0.1, -0.05) is 17.3 Å². The third-order valence-corrected chi connectivity index (χ3v) is 3.72. The molecule has 26 heavy (non-hydrogen) atoms. The van der Waals surface area contributed by atoms with Gasteiger partial charge < -0.3 is 14.7 Å². The average Bonchev–Trinajstić information content (AvgIpc) is 3.08. The smallest absolute Gasteiger partial charge is 0.322 e. The summed E-state index contributed by atoms with van der Waals surface area (Å²) < 4.78 is 18.0. The van der Waals surface area contributed by atoms with E-state index in [2.05, 4.69) is 20.4 Å². The summed E-state index contributed by atoms with van der Waals surface area (Å²) in [4.78, 5) is 22.4. The normalized spacial score (nSPS) is 10.6. The molecule has 1 N–H and O–H groups in total. The molecule has 0 radical (unpaired) electrons. The molecular formula is C18H18FN5O2. The number of halogens is 1. The second-order valence-electron chi connectivity index (χ2n) is 5.65. The van der Waals surface area contributed by atoms with Gasteiger partial charge in [0.2, 0.25) is 0 Å². The van der Waals surface area contributed by atoms with E-state index in [-0.39, 0.29) is 11.8 Å². The number of nitrogens with one attached hydrogen (secondary N) is 1. The molecule has 7 nitrogen and oxygen atoms in total. The van der Waals surface area contributed by atoms with Crippen molar-refractivity contribution in [3.8, 4) is 11.6 Å². The number of pyridine rings is 1. The lowest BCUT2D eigenvalue weighted by molar-refractivity contribution is 0.212. The van der Waals surface area contributed by atoms with Gasteiger partial charge in [0.15, 0.2) is 5.82 Å². The SMILES string of the molecule is CCN(Cc1ccc(F)cc1)C(=O)Nc1ccc(-c2nc(C)no2)nc1. The summed E-state index contributed by atoms with van der Waals surface area (Å²) >= 11 is 0. The maximum atomic E-state index is 13.0. The molecule has 0 spiro atoms. The second-order valence-corrected chi connectivity index (χ2v) is 5.65. The first kappa shape index (κ1) is 17.5. The first-order valence-corrected chi connectivity index (χ1v) is 8.12. The minimum absolute atomic E-state index is 0.264. The lowest BCUT2D eigenvalue weighted by Crippen LogP contribution is -2.34. The third kappa shape index (κ3) is 4.21. The van der Waals surface area contributed by atoms with Crippen molar-refractivity contribution < 1.29 is 13.7 Å². The number of benzene rings is 1. The predicted molar refractivity (Wildman–Crippen MR) is 93.8 cm³/mol. The molecule has 0 bridgehead atoms. The molecule has 0 atom stereocenters. The van der Waals surface area contributed by atoms with Crippen LogP contribution in [-0.4, -0.2) is 32.6 Å². The molecule has 0 saturated carbocycles. The summed E-state index contributed by atoms with van der Waals surface area (Å²) in [6, 6.07) is 9.22. The maximum Gasteiger partial charge on any atom is 0.322 e. The standard InChI is InChI=1S/C18H18FN5O2/c1-3-24(11-13-4-6-14(19)7-5-13)18(25)22-15-8-9-16(20-10-15)17-21-12(2)23-26-17/h4-10H,3,11H2,1-2H3,(H,22,25). The van der Waals surface area contributed by atoms with Gasteiger partial charge in [0.05, 0.1) is 11.9 Å². The van der Waals surface area contributed by atoms with Crippen LogP contribution in [0.5, 0.6) is 0 Å². The van der Waals surface area contributed by atoms with Gasteiger partial charge in [-0.2, -0.15) is 4.98 Å². The molecular weight excluding hydrogens is 337 g/mol. The lowest BCUT2D eigenvalue weighted by Gasteiger charge is -2.21. The Balaban J connectivity index is 1.64. The van der Waals surface area contributed by atoms with Gasteiger partial charge in [-0.25, -0.2) is 14.2 Å². The molecule has 0 unspecified atom stereocenters. The van der Waals surface area contributed by atoms with Crippen LogP contribution >= 0.6 is 0 Å². The molecule has 0 fully saturated rings. The van der Waals surface area contributed by atoms with Gasteiger partial charge >= 0.3 is 6.03 Å². The van der Waals surface area contributed by atoms with Crippen molar-refractivity contribution in [2.24, 2.45) is 0 Å². The Hall–Kier alpha value is -3.29. The second kappa shape index (κ2) is 7.73. The Morgan fingerprint density at radius 2 is 2.00 bits per heavy atom. The van der Waals surface area contributed by atoms with Crippen molar-refractivity contribution in [1.82, 2.24) is 20.0 Å². The van der Waals surface area contributed by atoms with E-state index in [0.717, 1.165) is 5.56 Å². The fourth-order valence-electron chi connectivity index (χ4n) is 2.34. The van der Waals surface area contributed by atoms with E-state index in [1.54, 1.807) is 36.1 Å². The van der Waals surface area contributed by atoms with Crippen LogP contribution in [0.25, 0.3) is 11.6 Å². The number of nitrogens with zero attached hydrogens (tertiary/aromatic N) is 4. The number of hydrogen-bond acceptors (Lipinski definition) is 5. The quantitative estimate of drug-likeness (QED) is 0.755. The molecule has 2 aromatic heterocycles. The number of carbonyl (C=O) groups is 1. The molecule has 3 aromatic rings. The van der Waals surface area contributed by atoms with E-state index < -0.39 is 0 Å². The third-order valence-electron chi connectivity index (χ3n) is 3.72. The summed E-state index contributed by atoms with van der Waals surface area (Å²) in [6.45, 7) is 4.50. The van der Waals surface area contributed by atoms with Crippen LogP contribution in [0.2, 0.25) is 0 Å². The minimum Gasteiger partial charge on any atom is -0.332 e. The molecule has 2 amide bonds. The Kier molecular flexibility index (Phi) is 5.21. The summed E-state index contributed by atoms with van der Waals surface area (Å²) in [7, 11) is 0. The zero-order valence-electron chi connectivity index (χ0n) is 14.4. The topological polar surface area (TPSA) is 84.2 Å². The van der Waals surface area contributed by atoms with E-state index in [0.29, 0.717) is 36.2 Å². The highest BCUT2D eigenvalue weighted by Gasteiger charge is 2.13. The molecule has 134 valence electrons. The highest BCUT2D eigenvalue weighted by atomic mass is 19.1. The number of rotatable bonds is 5. The van der Waals surface area contributed by atoms with Gasteiger partial charge in [0.1, 0.15) is 11.5 Å². The molecule has 2 heterocycles. The fourth-order valence-corrected chi connectivity index (χ4v) is 2.34. The van der Waals surface area contributed by atoms with Crippen LogP contribution in [0.1, 0.15) is 18.3 Å². The number of carbonyl (C=O) groups excluding carboxylic acids is 1. The van der Waals surface area contributed by atoms with Gasteiger partial charge in [-0.3, -0.25) is 0 Å². The molecule has 1 aromatic carbocycles. The van der Waals surface area contributed by atoms with Crippen LogP contribution in [0.15, 0.2) is 47.1 Å². The highest BCUT2D eigenvalue weighted by Crippen LogP contribution is 2.17. The van der Waals surface area contributed by atoms with E-state index in [1.165, 1.54) is 18.3 Å². The number of amides is 2. The lowest BCUT2D eigenvalue weighted by atomic mass is 10.2. The van der Waals surface area contributed by atoms with Crippen molar-refractivity contribution in [1.29, 1.82) is 0 Å². The zero-order valence-corrected chi connectivity index (χ0v) is 14.4. The highest BCUT2D eigenvalue weighted by molar-refractivity contribution is 5.89. The van der Waals surface area contributed by atoms with Crippen molar-refractivity contribution in [3.05, 3.63) is 59.8 Å². The molecule has 0 aliphatic carbocycles. The first-order chi connectivity index (χ1) is 12.5. The average molecular weight is 355 g/mol. The van der Waals surface area contributed by atoms with E-state index in [4.69, 9.17) is 4.52 Å². The molecule has 0 aliphatic rings. The van der Waals surface area contributed by atoms with Crippen molar-refractivity contribution in [2.75, 3.05) is 11.9 Å². The Bertz CT molecular complexity index is 877. The summed E-state index contributed by atoms with van der Waals surface area (Å²) in [5.74, 6) is 0.550. The Morgan fingerprint density at radius 1 is 1.23 bits per heavy atom. The van der Waals surface area contributed by atoms with Crippen molar-refractivity contribution in [3.63, 3.8) is 0 Å². The molecule has 0 saturated heterocycles. The minimum atomic E-state index is -0.302. The Labute approximate surface area is 149 Å². The number of urea groups is 1. The van der Waals surface area contributed by atoms with E-state index in [9.17, 15) is 9.18 Å². The fraction of sp³-hybridized carbons (Fsp3) is 0.222. The van der Waals surface area contributed by atoms with Crippen molar-refractivity contribution >= 4 is 11.7 Å². The maximum absolute atomic E-state index is 13.0. The zero-order chi connectivity index (χ0) is 18.5. The van der Waals surface area contributed by atoms with E-state index >= 15 is 0 Å². The van der Waals surface area contributed by atoms with Crippen LogP contribution < -0.4 is 5.32 Å².